The number of carbonyl (C=O) groups excluding carboxylic acids is 1. The van der Waals surface area contributed by atoms with Crippen molar-refractivity contribution in [3.05, 3.63) is 34.4 Å². The lowest BCUT2D eigenvalue weighted by Crippen LogP contribution is -2.50. The first-order valence-electron chi connectivity index (χ1n) is 6.66. The van der Waals surface area contributed by atoms with Gasteiger partial charge >= 0.3 is 0 Å². The maximum atomic E-state index is 12.2. The van der Waals surface area contributed by atoms with Crippen molar-refractivity contribution in [2.24, 2.45) is 0 Å². The van der Waals surface area contributed by atoms with Gasteiger partial charge in [0, 0.05) is 31.3 Å². The molecule has 0 atom stereocenters. The molecule has 0 radical (unpaired) electrons. The average Bonchev–Trinajstić information content (AvgIpc) is 2.95. The predicted molar refractivity (Wildman–Crippen MR) is 73.3 cm³/mol. The van der Waals surface area contributed by atoms with Crippen LogP contribution in [0.5, 0.6) is 0 Å². The molecule has 4 rings (SSSR count). The summed E-state index contributed by atoms with van der Waals surface area (Å²) in [6, 6.07) is 2.04. The number of halogens is 1. The molecule has 0 aromatic carbocycles. The second kappa shape index (κ2) is 4.44. The summed E-state index contributed by atoms with van der Waals surface area (Å²) in [4.78, 5) is 14.0. The molecular formula is C13H13BrN4O2. The molecule has 20 heavy (non-hydrogen) atoms. The van der Waals surface area contributed by atoms with E-state index in [1.165, 1.54) is 0 Å². The standard InChI is InChI=1S/C13H13BrN4O2/c14-9-4-15-18(5-9)10-6-17(7-10)13(19)11-3-12(20-16-11)8-1-2-8/h3-5,8,10H,1-2,6-7H2. The van der Waals surface area contributed by atoms with Crippen LogP contribution in [0.15, 0.2) is 27.5 Å². The Morgan fingerprint density at radius 1 is 1.40 bits per heavy atom. The molecule has 0 spiro atoms. The highest BCUT2D eigenvalue weighted by Gasteiger charge is 2.35. The number of hydrogen-bond donors (Lipinski definition) is 0. The van der Waals surface area contributed by atoms with Gasteiger partial charge in [0.25, 0.3) is 5.91 Å². The molecule has 3 heterocycles. The Hall–Kier alpha value is -1.63. The van der Waals surface area contributed by atoms with Crippen LogP contribution in [0.25, 0.3) is 0 Å². The summed E-state index contributed by atoms with van der Waals surface area (Å²) in [5, 5.41) is 8.12. The minimum absolute atomic E-state index is 0.0527. The number of rotatable bonds is 3. The van der Waals surface area contributed by atoms with Gasteiger partial charge in [-0.3, -0.25) is 9.48 Å². The third-order valence-electron chi connectivity index (χ3n) is 3.82. The van der Waals surface area contributed by atoms with E-state index in [4.69, 9.17) is 4.52 Å². The third kappa shape index (κ3) is 2.06. The zero-order valence-electron chi connectivity index (χ0n) is 10.7. The maximum absolute atomic E-state index is 12.2. The fraction of sp³-hybridized carbons (Fsp3) is 0.462. The Morgan fingerprint density at radius 3 is 2.85 bits per heavy atom. The molecule has 1 aliphatic carbocycles. The molecule has 1 saturated heterocycles. The van der Waals surface area contributed by atoms with Gasteiger partial charge in [0.15, 0.2) is 5.69 Å². The molecule has 0 unspecified atom stereocenters. The molecular weight excluding hydrogens is 324 g/mol. The van der Waals surface area contributed by atoms with Crippen molar-refractivity contribution in [1.29, 1.82) is 0 Å². The van der Waals surface area contributed by atoms with E-state index in [-0.39, 0.29) is 11.9 Å². The molecule has 1 saturated carbocycles. The quantitative estimate of drug-likeness (QED) is 0.861. The maximum Gasteiger partial charge on any atom is 0.276 e. The van der Waals surface area contributed by atoms with E-state index in [1.54, 1.807) is 17.2 Å². The Balaban J connectivity index is 1.40. The molecule has 7 heteroatoms. The average molecular weight is 337 g/mol. The zero-order valence-corrected chi connectivity index (χ0v) is 12.3. The van der Waals surface area contributed by atoms with Gasteiger partial charge in [-0.25, -0.2) is 0 Å². The summed E-state index contributed by atoms with van der Waals surface area (Å²) in [6.45, 7) is 1.33. The van der Waals surface area contributed by atoms with E-state index >= 15 is 0 Å². The predicted octanol–water partition coefficient (Wildman–Crippen LogP) is 2.21. The lowest BCUT2D eigenvalue weighted by molar-refractivity contribution is 0.0491. The first-order chi connectivity index (χ1) is 9.70. The lowest BCUT2D eigenvalue weighted by atomic mass is 10.1. The minimum Gasteiger partial charge on any atom is -0.360 e. The van der Waals surface area contributed by atoms with E-state index in [1.807, 2.05) is 10.9 Å². The van der Waals surface area contributed by atoms with Gasteiger partial charge in [0.2, 0.25) is 0 Å². The fourth-order valence-electron chi connectivity index (χ4n) is 2.42. The van der Waals surface area contributed by atoms with Crippen LogP contribution in [0.4, 0.5) is 0 Å². The van der Waals surface area contributed by atoms with Gasteiger partial charge in [-0.1, -0.05) is 5.16 Å². The molecule has 104 valence electrons. The van der Waals surface area contributed by atoms with Crippen LogP contribution >= 0.6 is 15.9 Å². The summed E-state index contributed by atoms with van der Waals surface area (Å²) in [7, 11) is 0. The van der Waals surface area contributed by atoms with Gasteiger partial charge in [0.1, 0.15) is 5.76 Å². The summed E-state index contributed by atoms with van der Waals surface area (Å²) in [6.07, 6.45) is 5.96. The van der Waals surface area contributed by atoms with Gasteiger partial charge in [0.05, 0.1) is 16.7 Å². The molecule has 0 N–H and O–H groups in total. The van der Waals surface area contributed by atoms with Gasteiger partial charge in [-0.2, -0.15) is 5.10 Å². The van der Waals surface area contributed by atoms with E-state index in [0.29, 0.717) is 24.7 Å². The number of amides is 1. The lowest BCUT2D eigenvalue weighted by Gasteiger charge is -2.38. The zero-order chi connectivity index (χ0) is 13.7. The summed E-state index contributed by atoms with van der Waals surface area (Å²) >= 11 is 3.37. The highest BCUT2D eigenvalue weighted by atomic mass is 79.9. The first kappa shape index (κ1) is 12.1. The van der Waals surface area contributed by atoms with E-state index < -0.39 is 0 Å². The molecule has 2 aromatic heterocycles. The van der Waals surface area contributed by atoms with Crippen LogP contribution in [-0.4, -0.2) is 38.8 Å². The van der Waals surface area contributed by atoms with Crippen molar-refractivity contribution in [3.63, 3.8) is 0 Å². The van der Waals surface area contributed by atoms with Crippen LogP contribution < -0.4 is 0 Å². The van der Waals surface area contributed by atoms with E-state index in [2.05, 4.69) is 26.2 Å². The van der Waals surface area contributed by atoms with Crippen molar-refractivity contribution in [3.8, 4) is 0 Å². The smallest absolute Gasteiger partial charge is 0.276 e. The fourth-order valence-corrected chi connectivity index (χ4v) is 2.72. The van der Waals surface area contributed by atoms with Crippen LogP contribution in [0.2, 0.25) is 0 Å². The van der Waals surface area contributed by atoms with Crippen molar-refractivity contribution >= 4 is 21.8 Å². The van der Waals surface area contributed by atoms with Gasteiger partial charge < -0.3 is 9.42 Å². The van der Waals surface area contributed by atoms with E-state index in [0.717, 1.165) is 23.1 Å². The molecule has 2 aliphatic rings. The Kier molecular flexibility index (Phi) is 2.70. The number of aromatic nitrogens is 3. The summed E-state index contributed by atoms with van der Waals surface area (Å²) < 4.78 is 8.05. The summed E-state index contributed by atoms with van der Waals surface area (Å²) in [5.41, 5.74) is 0.423. The van der Waals surface area contributed by atoms with Crippen molar-refractivity contribution in [2.75, 3.05) is 13.1 Å². The Bertz CT molecular complexity index is 655. The molecule has 2 fully saturated rings. The van der Waals surface area contributed by atoms with Gasteiger partial charge in [-0.05, 0) is 28.8 Å². The Labute approximate surface area is 123 Å². The highest BCUT2D eigenvalue weighted by Crippen LogP contribution is 2.40. The second-order valence-electron chi connectivity index (χ2n) is 5.39. The largest absolute Gasteiger partial charge is 0.360 e. The van der Waals surface area contributed by atoms with Crippen molar-refractivity contribution in [1.82, 2.24) is 19.8 Å². The van der Waals surface area contributed by atoms with E-state index in [9.17, 15) is 4.79 Å². The molecule has 6 nitrogen and oxygen atoms in total. The minimum atomic E-state index is -0.0527. The van der Waals surface area contributed by atoms with Crippen molar-refractivity contribution in [2.45, 2.75) is 24.8 Å². The number of hydrogen-bond acceptors (Lipinski definition) is 4. The molecule has 2 aromatic rings. The van der Waals surface area contributed by atoms with Crippen molar-refractivity contribution < 1.29 is 9.32 Å². The second-order valence-corrected chi connectivity index (χ2v) is 6.31. The normalized spacial score (nSPS) is 19.1. The molecule has 1 aliphatic heterocycles. The van der Waals surface area contributed by atoms with Crippen LogP contribution in [0, 0.1) is 0 Å². The monoisotopic (exact) mass is 336 g/mol. The number of likely N-dealkylation sites (tertiary alicyclic amines) is 1. The topological polar surface area (TPSA) is 64.2 Å². The van der Waals surface area contributed by atoms with Crippen LogP contribution in [-0.2, 0) is 0 Å². The van der Waals surface area contributed by atoms with Crippen LogP contribution in [0.3, 0.4) is 0 Å². The van der Waals surface area contributed by atoms with Gasteiger partial charge in [-0.15, -0.1) is 0 Å². The molecule has 0 bridgehead atoms. The number of nitrogens with zero attached hydrogens (tertiary/aromatic N) is 4. The SMILES string of the molecule is O=C(c1cc(C2CC2)on1)N1CC(n2cc(Br)cn2)C1. The summed E-state index contributed by atoms with van der Waals surface area (Å²) in [5.74, 6) is 1.28. The Morgan fingerprint density at radius 2 is 2.20 bits per heavy atom. The number of carbonyl (C=O) groups is 1. The first-order valence-corrected chi connectivity index (χ1v) is 7.45. The third-order valence-corrected chi connectivity index (χ3v) is 4.23. The van der Waals surface area contributed by atoms with Crippen LogP contribution in [0.1, 0.15) is 41.1 Å². The molecule has 1 amide bonds. The highest BCUT2D eigenvalue weighted by molar-refractivity contribution is 9.10.